The summed E-state index contributed by atoms with van der Waals surface area (Å²) < 4.78 is 8.42. The summed E-state index contributed by atoms with van der Waals surface area (Å²) in [6.07, 6.45) is 3.36. The molecule has 0 saturated carbocycles. The van der Waals surface area contributed by atoms with Gasteiger partial charge < -0.3 is 9.30 Å². The quantitative estimate of drug-likeness (QED) is 0.623. The van der Waals surface area contributed by atoms with E-state index < -0.39 is 0 Å². The first-order valence-corrected chi connectivity index (χ1v) is 9.93. The number of fused-ring (bicyclic) bond motifs is 1. The van der Waals surface area contributed by atoms with Crippen LogP contribution in [0.1, 0.15) is 41.8 Å². The fourth-order valence-corrected chi connectivity index (χ4v) is 4.17. The van der Waals surface area contributed by atoms with Crippen LogP contribution < -0.4 is 4.74 Å². The van der Waals surface area contributed by atoms with Crippen molar-refractivity contribution in [3.63, 3.8) is 0 Å². The molecule has 2 heterocycles. The van der Waals surface area contributed by atoms with Gasteiger partial charge in [0.2, 0.25) is 0 Å². The molecule has 2 aromatic carbocycles. The van der Waals surface area contributed by atoms with Crippen molar-refractivity contribution in [1.29, 1.82) is 0 Å². The summed E-state index contributed by atoms with van der Waals surface area (Å²) in [4.78, 5) is 2.61. The van der Waals surface area contributed by atoms with Crippen molar-refractivity contribution in [1.82, 2.24) is 9.47 Å². The van der Waals surface area contributed by atoms with Gasteiger partial charge in [0.25, 0.3) is 0 Å². The van der Waals surface area contributed by atoms with Gasteiger partial charge in [0.1, 0.15) is 5.75 Å². The molecule has 27 heavy (non-hydrogen) atoms. The Labute approximate surface area is 162 Å². The van der Waals surface area contributed by atoms with Crippen LogP contribution in [0.15, 0.2) is 66.9 Å². The van der Waals surface area contributed by atoms with Crippen molar-refractivity contribution in [2.45, 2.75) is 39.4 Å². The zero-order valence-corrected chi connectivity index (χ0v) is 16.3. The maximum atomic E-state index is 6.01. The average molecular weight is 361 g/mol. The first kappa shape index (κ1) is 17.9. The predicted octanol–water partition coefficient (Wildman–Crippen LogP) is 5.19. The first-order chi connectivity index (χ1) is 13.3. The Bertz CT molecular complexity index is 899. The molecular weight excluding hydrogens is 332 g/mol. The zero-order valence-electron chi connectivity index (χ0n) is 16.3. The van der Waals surface area contributed by atoms with Gasteiger partial charge >= 0.3 is 0 Å². The lowest BCUT2D eigenvalue weighted by Crippen LogP contribution is -2.30. The Kier molecular flexibility index (Phi) is 5.30. The molecule has 0 amide bonds. The van der Waals surface area contributed by atoms with E-state index in [4.69, 9.17) is 4.74 Å². The number of hydrogen-bond acceptors (Lipinski definition) is 2. The molecule has 4 rings (SSSR count). The second-order valence-corrected chi connectivity index (χ2v) is 7.25. The van der Waals surface area contributed by atoms with Crippen LogP contribution >= 0.6 is 0 Å². The SMILES string of the molecule is CCOc1ccccc1C1c2cccn2CCCN1Cc1ccccc1C. The molecule has 1 unspecified atom stereocenters. The van der Waals surface area contributed by atoms with E-state index in [1.54, 1.807) is 0 Å². The molecule has 140 valence electrons. The Hall–Kier alpha value is -2.52. The Morgan fingerprint density at radius 2 is 1.78 bits per heavy atom. The minimum absolute atomic E-state index is 0.199. The minimum atomic E-state index is 0.199. The lowest BCUT2D eigenvalue weighted by atomic mass is 9.99. The molecule has 1 aliphatic heterocycles. The summed E-state index contributed by atoms with van der Waals surface area (Å²) in [6.45, 7) is 8.03. The molecule has 0 spiro atoms. The highest BCUT2D eigenvalue weighted by Crippen LogP contribution is 2.37. The Morgan fingerprint density at radius 3 is 2.63 bits per heavy atom. The molecule has 3 aromatic rings. The third kappa shape index (κ3) is 3.65. The maximum Gasteiger partial charge on any atom is 0.124 e. The van der Waals surface area contributed by atoms with Crippen molar-refractivity contribution >= 4 is 0 Å². The Morgan fingerprint density at radius 1 is 0.963 bits per heavy atom. The van der Waals surface area contributed by atoms with Gasteiger partial charge in [-0.25, -0.2) is 0 Å². The van der Waals surface area contributed by atoms with E-state index in [0.717, 1.165) is 31.8 Å². The van der Waals surface area contributed by atoms with Crippen molar-refractivity contribution in [3.8, 4) is 5.75 Å². The second kappa shape index (κ2) is 8.01. The first-order valence-electron chi connectivity index (χ1n) is 9.93. The molecule has 1 atom stereocenters. The third-order valence-corrected chi connectivity index (χ3v) is 5.50. The van der Waals surface area contributed by atoms with Gasteiger partial charge in [0, 0.05) is 37.1 Å². The Balaban J connectivity index is 1.79. The second-order valence-electron chi connectivity index (χ2n) is 7.25. The predicted molar refractivity (Wildman–Crippen MR) is 110 cm³/mol. The monoisotopic (exact) mass is 360 g/mol. The smallest absolute Gasteiger partial charge is 0.124 e. The van der Waals surface area contributed by atoms with Crippen molar-refractivity contribution in [2.24, 2.45) is 0 Å². The van der Waals surface area contributed by atoms with Crippen molar-refractivity contribution in [2.75, 3.05) is 13.2 Å². The maximum absolute atomic E-state index is 6.01. The van der Waals surface area contributed by atoms with E-state index in [2.05, 4.69) is 90.2 Å². The molecule has 1 aliphatic rings. The van der Waals surface area contributed by atoms with Gasteiger partial charge in [0.05, 0.1) is 12.6 Å². The number of aryl methyl sites for hydroxylation is 2. The number of rotatable bonds is 5. The minimum Gasteiger partial charge on any atom is -0.494 e. The summed E-state index contributed by atoms with van der Waals surface area (Å²) in [6, 6.07) is 21.9. The highest BCUT2D eigenvalue weighted by molar-refractivity contribution is 5.41. The lowest BCUT2D eigenvalue weighted by molar-refractivity contribution is 0.214. The summed E-state index contributed by atoms with van der Waals surface area (Å²) in [5, 5.41) is 0. The number of ether oxygens (including phenoxy) is 1. The summed E-state index contributed by atoms with van der Waals surface area (Å²) in [5.41, 5.74) is 5.37. The van der Waals surface area contributed by atoms with Gasteiger partial charge in [-0.1, -0.05) is 42.5 Å². The molecule has 0 N–H and O–H groups in total. The van der Waals surface area contributed by atoms with E-state index in [1.807, 2.05) is 0 Å². The molecular formula is C24H28N2O. The van der Waals surface area contributed by atoms with E-state index in [-0.39, 0.29) is 6.04 Å². The van der Waals surface area contributed by atoms with Crippen molar-refractivity contribution in [3.05, 3.63) is 89.2 Å². The lowest BCUT2D eigenvalue weighted by Gasteiger charge is -2.32. The van der Waals surface area contributed by atoms with Crippen LogP contribution in [0.3, 0.4) is 0 Å². The summed E-state index contributed by atoms with van der Waals surface area (Å²) >= 11 is 0. The van der Waals surface area contributed by atoms with Gasteiger partial charge in [0.15, 0.2) is 0 Å². The number of para-hydroxylation sites is 1. The summed E-state index contributed by atoms with van der Waals surface area (Å²) in [7, 11) is 0. The van der Waals surface area contributed by atoms with Crippen molar-refractivity contribution < 1.29 is 4.74 Å². The molecule has 0 aliphatic carbocycles. The van der Waals surface area contributed by atoms with Crippen LogP contribution in [0.4, 0.5) is 0 Å². The van der Waals surface area contributed by atoms with Crippen LogP contribution in [-0.4, -0.2) is 22.6 Å². The standard InChI is InChI=1S/C24H28N2O/c1-3-27-23-14-7-6-12-21(23)24-22-13-8-15-25(22)16-9-17-26(24)18-20-11-5-4-10-19(20)2/h4-8,10-15,24H,3,9,16-18H2,1-2H3. The van der Waals surface area contributed by atoms with Crippen LogP contribution in [0, 0.1) is 6.92 Å². The number of hydrogen-bond donors (Lipinski definition) is 0. The van der Waals surface area contributed by atoms with E-state index in [0.29, 0.717) is 6.61 Å². The normalized spacial score (nSPS) is 17.3. The molecule has 0 radical (unpaired) electrons. The highest BCUT2D eigenvalue weighted by atomic mass is 16.5. The van der Waals surface area contributed by atoms with Gasteiger partial charge in [-0.15, -0.1) is 0 Å². The molecule has 0 bridgehead atoms. The van der Waals surface area contributed by atoms with Gasteiger partial charge in [-0.3, -0.25) is 4.90 Å². The largest absolute Gasteiger partial charge is 0.494 e. The number of aromatic nitrogens is 1. The number of benzene rings is 2. The zero-order chi connectivity index (χ0) is 18.6. The van der Waals surface area contributed by atoms with Gasteiger partial charge in [-0.2, -0.15) is 0 Å². The highest BCUT2D eigenvalue weighted by Gasteiger charge is 2.29. The third-order valence-electron chi connectivity index (χ3n) is 5.50. The topological polar surface area (TPSA) is 17.4 Å². The van der Waals surface area contributed by atoms with E-state index in [1.165, 1.54) is 22.4 Å². The van der Waals surface area contributed by atoms with Gasteiger partial charge in [-0.05, 0) is 49.6 Å². The average Bonchev–Trinajstić information content (AvgIpc) is 3.06. The number of nitrogens with zero attached hydrogens (tertiary/aromatic N) is 2. The molecule has 0 saturated heterocycles. The van der Waals surface area contributed by atoms with Crippen LogP contribution in [-0.2, 0) is 13.1 Å². The van der Waals surface area contributed by atoms with E-state index in [9.17, 15) is 0 Å². The van der Waals surface area contributed by atoms with E-state index >= 15 is 0 Å². The summed E-state index contributed by atoms with van der Waals surface area (Å²) in [5.74, 6) is 0.995. The molecule has 0 fully saturated rings. The molecule has 3 nitrogen and oxygen atoms in total. The molecule has 3 heteroatoms. The van der Waals surface area contributed by atoms with Crippen LogP contribution in [0.25, 0.3) is 0 Å². The molecule has 1 aromatic heterocycles. The fourth-order valence-electron chi connectivity index (χ4n) is 4.17. The van der Waals surface area contributed by atoms with Crippen LogP contribution in [0.5, 0.6) is 5.75 Å². The fraction of sp³-hybridized carbons (Fsp3) is 0.333. The van der Waals surface area contributed by atoms with Crippen LogP contribution in [0.2, 0.25) is 0 Å².